The average molecular weight is 546 g/mol. The molecule has 1 N–H and O–H groups in total. The van der Waals surface area contributed by atoms with Gasteiger partial charge in [0.15, 0.2) is 5.43 Å². The van der Waals surface area contributed by atoms with Crippen molar-refractivity contribution in [3.8, 4) is 35.0 Å². The Morgan fingerprint density at radius 2 is 1.92 bits per heavy atom. The number of ether oxygens (including phenoxy) is 1. The minimum absolute atomic E-state index is 0.0953. The summed E-state index contributed by atoms with van der Waals surface area (Å²) in [5.74, 6) is 2.91. The Bertz CT molecular complexity index is 2000. The van der Waals surface area contributed by atoms with Crippen LogP contribution in [0, 0.1) is 12.3 Å². The third-order valence-corrected chi connectivity index (χ3v) is 7.46. The van der Waals surface area contributed by atoms with Gasteiger partial charge in [0.25, 0.3) is 0 Å². The monoisotopic (exact) mass is 545 g/mol. The van der Waals surface area contributed by atoms with Crippen LogP contribution in [0.15, 0.2) is 59.4 Å². The molecule has 8 nitrogen and oxygen atoms in total. The Kier molecular flexibility index (Phi) is 5.86. The second kappa shape index (κ2) is 9.15. The van der Waals surface area contributed by atoms with E-state index in [1.807, 2.05) is 38.2 Å². The molecule has 1 saturated heterocycles. The predicted molar refractivity (Wildman–Crippen MR) is 149 cm³/mol. The minimum atomic E-state index is -5.20. The molecule has 1 fully saturated rings. The Balaban J connectivity index is 1.69. The number of likely N-dealkylation sites (N-methyl/N-ethyl adjacent to an activating group) is 1. The number of benzene rings is 3. The first kappa shape index (κ1) is 25.0. The van der Waals surface area contributed by atoms with E-state index in [0.717, 1.165) is 24.0 Å². The van der Waals surface area contributed by atoms with Crippen molar-refractivity contribution >= 4 is 43.3 Å². The highest BCUT2D eigenvalue weighted by Crippen LogP contribution is 2.39. The summed E-state index contributed by atoms with van der Waals surface area (Å²) >= 11 is 0. The average Bonchev–Trinajstić information content (AvgIpc) is 3.25. The Hall–Kier alpha value is -4.33. The van der Waals surface area contributed by atoms with Crippen molar-refractivity contribution in [2.45, 2.75) is 13.0 Å². The number of hydrogen-bond donors (Lipinski definition) is 1. The number of pyridine rings is 1. The number of hydrogen-bond acceptors (Lipinski definition) is 6. The van der Waals surface area contributed by atoms with Crippen LogP contribution in [-0.2, 0) is 10.5 Å². The smallest absolute Gasteiger partial charge is 0.488 e. The fourth-order valence-electron chi connectivity index (χ4n) is 5.43. The van der Waals surface area contributed by atoms with E-state index < -0.39 is 10.5 Å². The Morgan fingerprint density at radius 3 is 2.62 bits per heavy atom. The standard InChI is InChI=1S/C29H24FN3O5S/c1-4-17-9-10-21-24(11-17)31-29-27(21)28(34)23-14-26(37-5-2)22(13-25(23)33(29)19-15-32(3)16-19)18-7-6-8-20(12-18)38-39(30,35)36/h1,6-14,19,31H,5,15-16H2,2-3H3. The van der Waals surface area contributed by atoms with Crippen LogP contribution in [0.25, 0.3) is 44.0 Å². The zero-order valence-electron chi connectivity index (χ0n) is 21.2. The first-order valence-corrected chi connectivity index (χ1v) is 13.7. The van der Waals surface area contributed by atoms with Gasteiger partial charge in [-0.25, -0.2) is 0 Å². The first-order valence-electron chi connectivity index (χ1n) is 12.4. The van der Waals surface area contributed by atoms with Gasteiger partial charge in [0.1, 0.15) is 17.1 Å². The van der Waals surface area contributed by atoms with Crippen LogP contribution in [0.5, 0.6) is 11.5 Å². The second-order valence-corrected chi connectivity index (χ2v) is 10.6. The lowest BCUT2D eigenvalue weighted by Gasteiger charge is -2.39. The van der Waals surface area contributed by atoms with Crippen molar-refractivity contribution in [2.24, 2.45) is 0 Å². The molecule has 1 aliphatic rings. The fourth-order valence-corrected chi connectivity index (χ4v) is 5.76. The molecule has 0 atom stereocenters. The second-order valence-electron chi connectivity index (χ2n) is 9.63. The summed E-state index contributed by atoms with van der Waals surface area (Å²) in [6.07, 6.45) is 5.62. The normalized spacial score (nSPS) is 14.5. The molecule has 0 radical (unpaired) electrons. The van der Waals surface area contributed by atoms with Crippen molar-refractivity contribution in [3.05, 3.63) is 70.4 Å². The highest BCUT2D eigenvalue weighted by Gasteiger charge is 2.29. The van der Waals surface area contributed by atoms with E-state index in [9.17, 15) is 17.1 Å². The minimum Gasteiger partial charge on any atom is -0.493 e. The summed E-state index contributed by atoms with van der Waals surface area (Å²) in [5, 5.41) is 1.86. The number of terminal acetylenes is 1. The largest absolute Gasteiger partial charge is 0.493 e. The number of nitrogens with one attached hydrogen (secondary N) is 1. The molecule has 0 saturated carbocycles. The molecule has 0 bridgehead atoms. The van der Waals surface area contributed by atoms with E-state index in [1.165, 1.54) is 12.1 Å². The van der Waals surface area contributed by atoms with E-state index in [1.54, 1.807) is 18.2 Å². The zero-order chi connectivity index (χ0) is 27.5. The van der Waals surface area contributed by atoms with Crippen molar-refractivity contribution in [1.29, 1.82) is 0 Å². The third kappa shape index (κ3) is 4.30. The molecular weight excluding hydrogens is 521 g/mol. The lowest BCUT2D eigenvalue weighted by molar-refractivity contribution is 0.146. The topological polar surface area (TPSA) is 93.6 Å². The van der Waals surface area contributed by atoms with Gasteiger partial charge in [-0.05, 0) is 55.9 Å². The zero-order valence-corrected chi connectivity index (χ0v) is 22.0. The number of aromatic nitrogens is 2. The maximum atomic E-state index is 14.0. The van der Waals surface area contributed by atoms with Crippen molar-refractivity contribution in [2.75, 3.05) is 26.7 Å². The van der Waals surface area contributed by atoms with Gasteiger partial charge >= 0.3 is 10.5 Å². The molecule has 0 spiro atoms. The highest BCUT2D eigenvalue weighted by atomic mass is 32.3. The van der Waals surface area contributed by atoms with Crippen LogP contribution in [-0.4, -0.2) is 49.6 Å². The van der Waals surface area contributed by atoms with E-state index in [-0.39, 0.29) is 17.2 Å². The maximum absolute atomic E-state index is 14.0. The van der Waals surface area contributed by atoms with Gasteiger partial charge < -0.3 is 23.4 Å². The summed E-state index contributed by atoms with van der Waals surface area (Å²) < 4.78 is 48.0. The molecule has 3 heterocycles. The molecule has 198 valence electrons. The van der Waals surface area contributed by atoms with E-state index >= 15 is 0 Å². The molecule has 10 heteroatoms. The predicted octanol–water partition coefficient (Wildman–Crippen LogP) is 4.76. The molecular formula is C29H24FN3O5S. The SMILES string of the molecule is C#Cc1ccc2c(c1)[nH]c1c2c(=O)c2cc(OCC)c(-c3cccc(OS(=O)(=O)F)c3)cc2n1C1CN(C)C1. The Labute approximate surface area is 224 Å². The molecule has 5 aromatic rings. The molecule has 39 heavy (non-hydrogen) atoms. The molecule has 0 aliphatic carbocycles. The van der Waals surface area contributed by atoms with E-state index in [4.69, 9.17) is 11.2 Å². The summed E-state index contributed by atoms with van der Waals surface area (Å²) in [6.45, 7) is 3.74. The number of H-pyrrole nitrogens is 1. The van der Waals surface area contributed by atoms with Crippen LogP contribution in [0.4, 0.5) is 3.89 Å². The number of fused-ring (bicyclic) bond motifs is 4. The van der Waals surface area contributed by atoms with Crippen molar-refractivity contribution in [1.82, 2.24) is 14.5 Å². The van der Waals surface area contributed by atoms with Gasteiger partial charge in [-0.2, -0.15) is 8.42 Å². The molecule has 1 aliphatic heterocycles. The van der Waals surface area contributed by atoms with Crippen LogP contribution in [0.2, 0.25) is 0 Å². The first-order chi connectivity index (χ1) is 18.7. The molecule has 3 aromatic carbocycles. The number of halogens is 1. The summed E-state index contributed by atoms with van der Waals surface area (Å²) in [5.41, 5.74) is 3.88. The van der Waals surface area contributed by atoms with E-state index in [2.05, 4.69) is 24.6 Å². The highest BCUT2D eigenvalue weighted by molar-refractivity contribution is 7.81. The lowest BCUT2D eigenvalue weighted by Crippen LogP contribution is -2.45. The van der Waals surface area contributed by atoms with Gasteiger partial charge in [0, 0.05) is 35.1 Å². The van der Waals surface area contributed by atoms with Crippen molar-refractivity contribution in [3.63, 3.8) is 0 Å². The number of aromatic amines is 1. The van der Waals surface area contributed by atoms with Gasteiger partial charge in [0.05, 0.1) is 28.9 Å². The van der Waals surface area contributed by atoms with Crippen molar-refractivity contribution < 1.29 is 21.2 Å². The van der Waals surface area contributed by atoms with Crippen LogP contribution in [0.3, 0.4) is 0 Å². The molecule has 6 rings (SSSR count). The maximum Gasteiger partial charge on any atom is 0.488 e. The van der Waals surface area contributed by atoms with Crippen LogP contribution < -0.4 is 14.3 Å². The number of nitrogens with zero attached hydrogens (tertiary/aromatic N) is 2. The van der Waals surface area contributed by atoms with Gasteiger partial charge in [0.2, 0.25) is 0 Å². The molecule has 2 aromatic heterocycles. The summed E-state index contributed by atoms with van der Waals surface area (Å²) in [6, 6.07) is 15.3. The fraction of sp³-hybridized carbons (Fsp3) is 0.207. The summed E-state index contributed by atoms with van der Waals surface area (Å²) in [7, 11) is -3.16. The van der Waals surface area contributed by atoms with Crippen LogP contribution >= 0.6 is 0 Å². The molecule has 0 unspecified atom stereocenters. The van der Waals surface area contributed by atoms with E-state index in [0.29, 0.717) is 51.0 Å². The van der Waals surface area contributed by atoms with Crippen LogP contribution in [0.1, 0.15) is 18.5 Å². The quantitative estimate of drug-likeness (QED) is 0.244. The number of likely N-dealkylation sites (tertiary alicyclic amines) is 1. The van der Waals surface area contributed by atoms with Gasteiger partial charge in [-0.15, -0.1) is 6.42 Å². The third-order valence-electron chi connectivity index (χ3n) is 7.07. The lowest BCUT2D eigenvalue weighted by atomic mass is 9.99. The Morgan fingerprint density at radius 1 is 1.13 bits per heavy atom. The molecule has 0 amide bonds. The summed E-state index contributed by atoms with van der Waals surface area (Å²) in [4.78, 5) is 19.6. The van der Waals surface area contributed by atoms with Gasteiger partial charge in [-0.3, -0.25) is 4.79 Å². The number of rotatable bonds is 6. The van der Waals surface area contributed by atoms with Gasteiger partial charge in [-0.1, -0.05) is 28.0 Å².